The van der Waals surface area contributed by atoms with E-state index in [2.05, 4.69) is 27.7 Å². The van der Waals surface area contributed by atoms with Crippen LogP contribution >= 0.6 is 0 Å². The van der Waals surface area contributed by atoms with Crippen LogP contribution in [0.3, 0.4) is 0 Å². The van der Waals surface area contributed by atoms with Gasteiger partial charge < -0.3 is 0 Å². The summed E-state index contributed by atoms with van der Waals surface area (Å²) in [5.41, 5.74) is 7.72. The van der Waals surface area contributed by atoms with Crippen LogP contribution in [0.5, 0.6) is 0 Å². The molecule has 0 N–H and O–H groups in total. The van der Waals surface area contributed by atoms with E-state index in [1.54, 1.807) is 0 Å². The molecule has 1 heterocycles. The number of hydrogen-bond acceptors (Lipinski definition) is 2. The molecule has 82 valence electrons. The average molecular weight is 224 g/mol. The Kier molecular flexibility index (Phi) is 2.69. The lowest BCUT2D eigenvalue weighted by molar-refractivity contribution is 0.326. The second-order valence-corrected chi connectivity index (χ2v) is 5.30. The van der Waals surface area contributed by atoms with Crippen LogP contribution < -0.4 is 0 Å². The van der Waals surface area contributed by atoms with Crippen LogP contribution in [0.2, 0.25) is 0 Å². The molecule has 0 fully saturated rings. The van der Waals surface area contributed by atoms with E-state index in [4.69, 9.17) is 4.18 Å². The molecule has 0 saturated heterocycles. The maximum absolute atomic E-state index is 11.4. The molecular weight excluding hydrogens is 208 g/mol. The van der Waals surface area contributed by atoms with Crippen LogP contribution in [0.25, 0.3) is 0 Å². The lowest BCUT2D eigenvalue weighted by atomic mass is 9.90. The predicted octanol–water partition coefficient (Wildman–Crippen LogP) is 2.61. The molecule has 1 aliphatic rings. The van der Waals surface area contributed by atoms with Crippen molar-refractivity contribution in [2.45, 2.75) is 40.1 Å². The Hall–Kier alpha value is -0.670. The molecule has 2 nitrogen and oxygen atoms in total. The molecular formula is C12H16O2S. The van der Waals surface area contributed by atoms with E-state index < -0.39 is 11.1 Å². The van der Waals surface area contributed by atoms with Gasteiger partial charge in [-0.2, -0.15) is 0 Å². The van der Waals surface area contributed by atoms with E-state index >= 15 is 0 Å². The topological polar surface area (TPSA) is 26.3 Å². The molecule has 1 aromatic carbocycles. The van der Waals surface area contributed by atoms with Gasteiger partial charge in [-0.15, -0.1) is 0 Å². The Morgan fingerprint density at radius 2 is 1.47 bits per heavy atom. The zero-order valence-corrected chi connectivity index (χ0v) is 10.5. The van der Waals surface area contributed by atoms with E-state index in [0.717, 1.165) is 0 Å². The first-order valence-electron chi connectivity index (χ1n) is 5.12. The molecule has 0 saturated carbocycles. The van der Waals surface area contributed by atoms with Crippen LogP contribution in [0.1, 0.15) is 33.4 Å². The average Bonchev–Trinajstić information content (AvgIpc) is 2.23. The first kappa shape index (κ1) is 10.8. The van der Waals surface area contributed by atoms with Gasteiger partial charge >= 0.3 is 0 Å². The Bertz CT molecular complexity index is 450. The van der Waals surface area contributed by atoms with E-state index in [1.165, 1.54) is 33.4 Å². The number of hydrogen-bond donors (Lipinski definition) is 0. The predicted molar refractivity (Wildman–Crippen MR) is 62.0 cm³/mol. The summed E-state index contributed by atoms with van der Waals surface area (Å²) in [6.07, 6.45) is 0. The molecule has 3 heteroatoms. The summed E-state index contributed by atoms with van der Waals surface area (Å²) in [6.45, 7) is 9.01. The first-order chi connectivity index (χ1) is 7.02. The summed E-state index contributed by atoms with van der Waals surface area (Å²) in [7, 11) is 0. The van der Waals surface area contributed by atoms with Crippen LogP contribution in [0.4, 0.5) is 0 Å². The van der Waals surface area contributed by atoms with Crippen molar-refractivity contribution in [3.05, 3.63) is 33.4 Å². The number of fused-ring (bicyclic) bond motifs is 1. The normalized spacial score (nSPS) is 20.1. The summed E-state index contributed by atoms with van der Waals surface area (Å²) in [5, 5.41) is 0. The molecule has 0 aliphatic carbocycles. The Morgan fingerprint density at radius 1 is 0.933 bits per heavy atom. The lowest BCUT2D eigenvalue weighted by Gasteiger charge is -2.23. The molecule has 1 atom stereocenters. The van der Waals surface area contributed by atoms with E-state index in [1.807, 2.05) is 0 Å². The van der Waals surface area contributed by atoms with Crippen LogP contribution in [-0.2, 0) is 27.6 Å². The van der Waals surface area contributed by atoms with Crippen molar-refractivity contribution in [1.29, 1.82) is 0 Å². The third-order valence-electron chi connectivity index (χ3n) is 3.55. The molecule has 15 heavy (non-hydrogen) atoms. The summed E-state index contributed by atoms with van der Waals surface area (Å²) in [5.74, 6) is 0.545. The highest BCUT2D eigenvalue weighted by Crippen LogP contribution is 2.31. The van der Waals surface area contributed by atoms with Crippen LogP contribution in [0.15, 0.2) is 0 Å². The maximum Gasteiger partial charge on any atom is 0.160 e. The summed E-state index contributed by atoms with van der Waals surface area (Å²) in [6, 6.07) is 0. The van der Waals surface area contributed by atoms with E-state index in [9.17, 15) is 4.21 Å². The third kappa shape index (κ3) is 1.64. The van der Waals surface area contributed by atoms with Gasteiger partial charge in [0, 0.05) is 0 Å². The van der Waals surface area contributed by atoms with Crippen molar-refractivity contribution in [3.8, 4) is 0 Å². The van der Waals surface area contributed by atoms with Crippen molar-refractivity contribution in [2.24, 2.45) is 0 Å². The molecule has 1 aromatic rings. The molecule has 0 aromatic heterocycles. The second-order valence-electron chi connectivity index (χ2n) is 4.17. The van der Waals surface area contributed by atoms with Crippen molar-refractivity contribution in [2.75, 3.05) is 0 Å². The van der Waals surface area contributed by atoms with Crippen molar-refractivity contribution >= 4 is 11.1 Å². The fourth-order valence-electron chi connectivity index (χ4n) is 2.14. The quantitative estimate of drug-likeness (QED) is 0.677. The van der Waals surface area contributed by atoms with Gasteiger partial charge in [0.15, 0.2) is 11.1 Å². The number of benzene rings is 1. The van der Waals surface area contributed by atoms with Crippen LogP contribution in [0, 0.1) is 27.7 Å². The van der Waals surface area contributed by atoms with Crippen molar-refractivity contribution in [1.82, 2.24) is 0 Å². The van der Waals surface area contributed by atoms with Gasteiger partial charge in [0.1, 0.15) is 0 Å². The molecule has 1 unspecified atom stereocenters. The molecule has 1 aliphatic heterocycles. The highest BCUT2D eigenvalue weighted by atomic mass is 32.2. The smallest absolute Gasteiger partial charge is 0.160 e. The molecule has 2 rings (SSSR count). The van der Waals surface area contributed by atoms with Crippen LogP contribution in [-0.4, -0.2) is 4.21 Å². The number of rotatable bonds is 0. The van der Waals surface area contributed by atoms with Gasteiger partial charge in [-0.3, -0.25) is 4.18 Å². The van der Waals surface area contributed by atoms with Gasteiger partial charge in [0.05, 0.1) is 12.4 Å². The second kappa shape index (κ2) is 3.72. The molecule has 0 bridgehead atoms. The first-order valence-corrected chi connectivity index (χ1v) is 6.36. The Balaban J connectivity index is 2.70. The summed E-state index contributed by atoms with van der Waals surface area (Å²) >= 11 is -1.14. The molecule has 0 spiro atoms. The van der Waals surface area contributed by atoms with E-state index in [0.29, 0.717) is 12.4 Å². The monoisotopic (exact) mass is 224 g/mol. The maximum atomic E-state index is 11.4. The van der Waals surface area contributed by atoms with Gasteiger partial charge in [0.2, 0.25) is 0 Å². The Labute approximate surface area is 93.3 Å². The lowest BCUT2D eigenvalue weighted by Crippen LogP contribution is -2.16. The van der Waals surface area contributed by atoms with Gasteiger partial charge in [-0.25, -0.2) is 4.21 Å². The van der Waals surface area contributed by atoms with E-state index in [-0.39, 0.29) is 0 Å². The highest BCUT2D eigenvalue weighted by Gasteiger charge is 2.21. The zero-order valence-electron chi connectivity index (χ0n) is 9.64. The third-order valence-corrected chi connectivity index (χ3v) is 4.46. The fourth-order valence-corrected chi connectivity index (χ4v) is 3.10. The standard InChI is InChI=1S/C12H16O2S/c1-7-8(2)10(4)12-6-15(13)14-5-11(12)9(7)3/h5-6H2,1-4H3. The minimum absolute atomic E-state index is 0.496. The van der Waals surface area contributed by atoms with Gasteiger partial charge in [-0.1, -0.05) is 0 Å². The largest absolute Gasteiger partial charge is 0.285 e. The molecule has 0 amide bonds. The minimum atomic E-state index is -1.14. The highest BCUT2D eigenvalue weighted by molar-refractivity contribution is 7.79. The van der Waals surface area contributed by atoms with Gasteiger partial charge in [0.25, 0.3) is 0 Å². The van der Waals surface area contributed by atoms with Crippen molar-refractivity contribution in [3.63, 3.8) is 0 Å². The summed E-state index contributed by atoms with van der Waals surface area (Å²) in [4.78, 5) is 0. The zero-order chi connectivity index (χ0) is 11.2. The summed E-state index contributed by atoms with van der Waals surface area (Å²) < 4.78 is 16.6. The SMILES string of the molecule is Cc1c(C)c(C)c2c(c1C)COS(=O)C2. The van der Waals surface area contributed by atoms with Crippen molar-refractivity contribution < 1.29 is 8.39 Å². The Morgan fingerprint density at radius 3 is 2.07 bits per heavy atom. The molecule has 0 radical (unpaired) electrons. The fraction of sp³-hybridized carbons (Fsp3) is 0.500. The minimum Gasteiger partial charge on any atom is -0.285 e. The van der Waals surface area contributed by atoms with Gasteiger partial charge in [-0.05, 0) is 61.1 Å².